The summed E-state index contributed by atoms with van der Waals surface area (Å²) in [6.07, 6.45) is 3.90. The summed E-state index contributed by atoms with van der Waals surface area (Å²) in [4.78, 5) is 23.4. The van der Waals surface area contributed by atoms with E-state index in [0.29, 0.717) is 11.6 Å². The smallest absolute Gasteiger partial charge is 0.272 e. The number of rotatable bonds is 3. The lowest BCUT2D eigenvalue weighted by Gasteiger charge is -2.16. The molecule has 126 valence electrons. The normalized spacial score (nSPS) is 17.2. The van der Waals surface area contributed by atoms with Crippen molar-refractivity contribution < 1.29 is 4.79 Å². The predicted molar refractivity (Wildman–Crippen MR) is 98.4 cm³/mol. The maximum Gasteiger partial charge on any atom is 0.272 e. The Morgan fingerprint density at radius 1 is 1.16 bits per heavy atom. The number of aromatic nitrogens is 2. The molecule has 1 atom stereocenters. The second-order valence-electron chi connectivity index (χ2n) is 6.76. The van der Waals surface area contributed by atoms with Crippen LogP contribution in [0.5, 0.6) is 0 Å². The van der Waals surface area contributed by atoms with Crippen LogP contribution in [0.15, 0.2) is 54.7 Å². The summed E-state index contributed by atoms with van der Waals surface area (Å²) in [5, 5.41) is 1.22. The number of likely N-dealkylation sites (tertiary alicyclic amines) is 1. The lowest BCUT2D eigenvalue weighted by Crippen LogP contribution is -2.29. The van der Waals surface area contributed by atoms with Gasteiger partial charge in [-0.15, -0.1) is 0 Å². The van der Waals surface area contributed by atoms with Gasteiger partial charge in [-0.05, 0) is 55.5 Å². The Morgan fingerprint density at radius 2 is 2.04 bits per heavy atom. The fourth-order valence-corrected chi connectivity index (χ4v) is 3.65. The zero-order chi connectivity index (χ0) is 17.2. The van der Waals surface area contributed by atoms with Crippen LogP contribution >= 0.6 is 0 Å². The standard InChI is InChI=1S/C21H21N3O/c1-15-5-4-8-20(23-15)21(25)24-12-10-16(14-24)13-17-9-11-22-19-7-3-2-6-18(17)19/h2-9,11,16H,10,12-14H2,1H3. The van der Waals surface area contributed by atoms with Gasteiger partial charge in [-0.1, -0.05) is 24.3 Å². The van der Waals surface area contributed by atoms with Crippen LogP contribution in [-0.2, 0) is 6.42 Å². The number of para-hydroxylation sites is 1. The van der Waals surface area contributed by atoms with E-state index in [2.05, 4.69) is 28.2 Å². The van der Waals surface area contributed by atoms with Gasteiger partial charge in [-0.25, -0.2) is 4.98 Å². The van der Waals surface area contributed by atoms with Crippen LogP contribution in [0.3, 0.4) is 0 Å². The monoisotopic (exact) mass is 331 g/mol. The predicted octanol–water partition coefficient (Wildman–Crippen LogP) is 3.64. The molecule has 0 aliphatic carbocycles. The molecule has 3 heterocycles. The van der Waals surface area contributed by atoms with E-state index in [9.17, 15) is 4.79 Å². The largest absolute Gasteiger partial charge is 0.337 e. The quantitative estimate of drug-likeness (QED) is 0.736. The molecular formula is C21H21N3O. The van der Waals surface area contributed by atoms with Crippen molar-refractivity contribution in [2.24, 2.45) is 5.92 Å². The lowest BCUT2D eigenvalue weighted by molar-refractivity contribution is 0.0781. The molecule has 4 heteroatoms. The highest BCUT2D eigenvalue weighted by atomic mass is 16.2. The van der Waals surface area contributed by atoms with Gasteiger partial charge in [0.1, 0.15) is 5.69 Å². The first-order valence-electron chi connectivity index (χ1n) is 8.76. The number of carbonyl (C=O) groups excluding carboxylic acids is 1. The summed E-state index contributed by atoms with van der Waals surface area (Å²) in [5.41, 5.74) is 3.79. The summed E-state index contributed by atoms with van der Waals surface area (Å²) in [5.74, 6) is 0.533. The third-order valence-electron chi connectivity index (χ3n) is 4.93. The van der Waals surface area contributed by atoms with Crippen molar-refractivity contribution in [1.29, 1.82) is 0 Å². The topological polar surface area (TPSA) is 46.1 Å². The molecule has 2 aromatic heterocycles. The van der Waals surface area contributed by atoms with E-state index in [-0.39, 0.29) is 5.91 Å². The van der Waals surface area contributed by atoms with Gasteiger partial charge in [0.05, 0.1) is 5.52 Å². The zero-order valence-corrected chi connectivity index (χ0v) is 14.4. The minimum Gasteiger partial charge on any atom is -0.337 e. The van der Waals surface area contributed by atoms with Crippen molar-refractivity contribution in [2.45, 2.75) is 19.8 Å². The van der Waals surface area contributed by atoms with Gasteiger partial charge in [0.25, 0.3) is 5.91 Å². The highest BCUT2D eigenvalue weighted by Crippen LogP contribution is 2.25. The number of benzene rings is 1. The van der Waals surface area contributed by atoms with Crippen LogP contribution in [0.2, 0.25) is 0 Å². The number of fused-ring (bicyclic) bond motifs is 1. The van der Waals surface area contributed by atoms with E-state index in [1.165, 1.54) is 10.9 Å². The molecule has 0 N–H and O–H groups in total. The molecule has 4 nitrogen and oxygen atoms in total. The maximum atomic E-state index is 12.7. The highest BCUT2D eigenvalue weighted by molar-refractivity contribution is 5.92. The van der Waals surface area contributed by atoms with Crippen molar-refractivity contribution in [3.63, 3.8) is 0 Å². The minimum absolute atomic E-state index is 0.0470. The molecule has 1 fully saturated rings. The third kappa shape index (κ3) is 3.25. The van der Waals surface area contributed by atoms with Crippen molar-refractivity contribution >= 4 is 16.8 Å². The van der Waals surface area contributed by atoms with Gasteiger partial charge in [0.15, 0.2) is 0 Å². The first-order chi connectivity index (χ1) is 12.2. The van der Waals surface area contributed by atoms with Crippen LogP contribution in [0, 0.1) is 12.8 Å². The Morgan fingerprint density at radius 3 is 2.92 bits per heavy atom. The van der Waals surface area contributed by atoms with E-state index in [0.717, 1.165) is 37.1 Å². The average molecular weight is 331 g/mol. The Kier molecular flexibility index (Phi) is 4.18. The van der Waals surface area contributed by atoms with Crippen LogP contribution in [-0.4, -0.2) is 33.9 Å². The number of hydrogen-bond acceptors (Lipinski definition) is 3. The summed E-state index contributed by atoms with van der Waals surface area (Å²) in [7, 11) is 0. The molecule has 0 bridgehead atoms. The van der Waals surface area contributed by atoms with Crippen LogP contribution < -0.4 is 0 Å². The first-order valence-corrected chi connectivity index (χ1v) is 8.76. The van der Waals surface area contributed by atoms with Gasteiger partial charge in [-0.2, -0.15) is 0 Å². The molecule has 1 aliphatic rings. The number of amides is 1. The van der Waals surface area contributed by atoms with E-state index >= 15 is 0 Å². The molecule has 1 aromatic carbocycles. The molecule has 0 saturated carbocycles. The van der Waals surface area contributed by atoms with Crippen LogP contribution in [0.25, 0.3) is 10.9 Å². The van der Waals surface area contributed by atoms with E-state index < -0.39 is 0 Å². The fraction of sp³-hybridized carbons (Fsp3) is 0.286. The van der Waals surface area contributed by atoms with Crippen molar-refractivity contribution in [3.05, 3.63) is 71.7 Å². The summed E-state index contributed by atoms with van der Waals surface area (Å²) in [6, 6.07) is 16.0. The molecule has 25 heavy (non-hydrogen) atoms. The third-order valence-corrected chi connectivity index (χ3v) is 4.93. The molecule has 1 amide bonds. The molecule has 1 aliphatic heterocycles. The first kappa shape index (κ1) is 15.8. The highest BCUT2D eigenvalue weighted by Gasteiger charge is 2.28. The summed E-state index contributed by atoms with van der Waals surface area (Å²) >= 11 is 0. The van der Waals surface area contributed by atoms with Gasteiger partial charge < -0.3 is 4.90 Å². The molecule has 3 aromatic rings. The lowest BCUT2D eigenvalue weighted by atomic mass is 9.96. The SMILES string of the molecule is Cc1cccc(C(=O)N2CCC(Cc3ccnc4ccccc34)C2)n1. The Bertz CT molecular complexity index is 916. The van der Waals surface area contributed by atoms with Crippen molar-refractivity contribution in [3.8, 4) is 0 Å². The number of carbonyl (C=O) groups is 1. The molecule has 4 rings (SSSR count). The second kappa shape index (κ2) is 6.63. The number of nitrogens with zero attached hydrogens (tertiary/aromatic N) is 3. The summed E-state index contributed by atoms with van der Waals surface area (Å²) < 4.78 is 0. The molecule has 0 radical (unpaired) electrons. The summed E-state index contributed by atoms with van der Waals surface area (Å²) in [6.45, 7) is 3.52. The van der Waals surface area contributed by atoms with Gasteiger partial charge in [-0.3, -0.25) is 9.78 Å². The molecule has 0 spiro atoms. The van der Waals surface area contributed by atoms with Gasteiger partial charge >= 0.3 is 0 Å². The minimum atomic E-state index is 0.0470. The molecule has 1 unspecified atom stereocenters. The number of hydrogen-bond donors (Lipinski definition) is 0. The number of pyridine rings is 2. The van der Waals surface area contributed by atoms with Crippen molar-refractivity contribution in [2.75, 3.05) is 13.1 Å². The second-order valence-corrected chi connectivity index (χ2v) is 6.76. The average Bonchev–Trinajstić information content (AvgIpc) is 3.10. The van der Waals surface area contributed by atoms with E-state index in [4.69, 9.17) is 0 Å². The van der Waals surface area contributed by atoms with E-state index in [1.807, 2.05) is 42.3 Å². The maximum absolute atomic E-state index is 12.7. The van der Waals surface area contributed by atoms with E-state index in [1.54, 1.807) is 6.07 Å². The van der Waals surface area contributed by atoms with Crippen LogP contribution in [0.4, 0.5) is 0 Å². The Hall–Kier alpha value is -2.75. The Balaban J connectivity index is 1.48. The fourth-order valence-electron chi connectivity index (χ4n) is 3.65. The van der Waals surface area contributed by atoms with Crippen molar-refractivity contribution in [1.82, 2.24) is 14.9 Å². The van der Waals surface area contributed by atoms with Crippen LogP contribution in [0.1, 0.15) is 28.2 Å². The molecular weight excluding hydrogens is 310 g/mol. The van der Waals surface area contributed by atoms with Gasteiger partial charge in [0, 0.05) is 30.4 Å². The number of aryl methyl sites for hydroxylation is 1. The molecule has 1 saturated heterocycles. The zero-order valence-electron chi connectivity index (χ0n) is 14.4. The Labute approximate surface area is 147 Å². The van der Waals surface area contributed by atoms with Gasteiger partial charge in [0.2, 0.25) is 0 Å².